The fourth-order valence-electron chi connectivity index (χ4n) is 1.44. The fourth-order valence-corrected chi connectivity index (χ4v) is 2.73. The Morgan fingerprint density at radius 2 is 2.12 bits per heavy atom. The molecule has 0 spiro atoms. The summed E-state index contributed by atoms with van der Waals surface area (Å²) in [5.74, 6) is -0.563. The normalized spacial score (nSPS) is 11.9. The minimum atomic E-state index is -3.87. The van der Waals surface area contributed by atoms with Gasteiger partial charge in [0.15, 0.2) is 0 Å². The zero-order valence-corrected chi connectivity index (χ0v) is 11.6. The highest BCUT2D eigenvalue weighted by molar-refractivity contribution is 14.1. The molecule has 17 heavy (non-hydrogen) atoms. The van der Waals surface area contributed by atoms with E-state index in [1.54, 1.807) is 6.07 Å². The minimum Gasteiger partial charge on any atom is -0.270 e. The average Bonchev–Trinajstić information content (AvgIpc) is 2.29. The fraction of sp³-hybridized carbons (Fsp3) is 0.100. The molecule has 0 bridgehead atoms. The van der Waals surface area contributed by atoms with Gasteiger partial charge < -0.3 is 0 Å². The third-order valence-corrected chi connectivity index (χ3v) is 4.14. The van der Waals surface area contributed by atoms with E-state index < -0.39 is 15.9 Å². The number of hydrogen-bond donors (Lipinski definition) is 0. The summed E-state index contributed by atoms with van der Waals surface area (Å²) in [5, 5.41) is 0.221. The lowest BCUT2D eigenvalue weighted by molar-refractivity contribution is 0.398. The summed E-state index contributed by atoms with van der Waals surface area (Å²) >= 11 is 1.98. The molecular formula is C10H7FINO3S. The van der Waals surface area contributed by atoms with Crippen molar-refractivity contribution in [2.75, 3.05) is 7.11 Å². The molecule has 0 aliphatic heterocycles. The smallest absolute Gasteiger partial charge is 0.270 e. The molecule has 1 heterocycles. The highest BCUT2D eigenvalue weighted by Crippen LogP contribution is 2.26. The molecule has 7 heteroatoms. The van der Waals surface area contributed by atoms with E-state index in [1.165, 1.54) is 12.3 Å². The molecular weight excluding hydrogens is 360 g/mol. The number of aromatic nitrogens is 1. The molecule has 0 saturated heterocycles. The van der Waals surface area contributed by atoms with Crippen molar-refractivity contribution in [3.63, 3.8) is 0 Å². The molecule has 1 aromatic heterocycles. The van der Waals surface area contributed by atoms with Crippen LogP contribution in [0.15, 0.2) is 29.3 Å². The van der Waals surface area contributed by atoms with Gasteiger partial charge in [-0.25, -0.2) is 4.39 Å². The zero-order chi connectivity index (χ0) is 12.6. The van der Waals surface area contributed by atoms with Gasteiger partial charge in [0.05, 0.1) is 7.11 Å². The van der Waals surface area contributed by atoms with Gasteiger partial charge in [-0.05, 0) is 40.8 Å². The SMILES string of the molecule is COS(=O)(=O)c1ccc(F)c2ncc(I)cc12. The Kier molecular flexibility index (Phi) is 3.32. The number of pyridine rings is 1. The quantitative estimate of drug-likeness (QED) is 0.604. The molecule has 0 unspecified atom stereocenters. The van der Waals surface area contributed by atoms with Crippen molar-refractivity contribution in [1.29, 1.82) is 0 Å². The molecule has 4 nitrogen and oxygen atoms in total. The number of halogens is 2. The Bertz CT molecular complexity index is 687. The van der Waals surface area contributed by atoms with Crippen LogP contribution in [0, 0.1) is 9.39 Å². The van der Waals surface area contributed by atoms with Crippen LogP contribution >= 0.6 is 22.6 Å². The Morgan fingerprint density at radius 3 is 2.76 bits per heavy atom. The van der Waals surface area contributed by atoms with Gasteiger partial charge in [0, 0.05) is 15.2 Å². The van der Waals surface area contributed by atoms with E-state index in [0.29, 0.717) is 3.57 Å². The summed E-state index contributed by atoms with van der Waals surface area (Å²) in [6, 6.07) is 3.79. The van der Waals surface area contributed by atoms with Gasteiger partial charge >= 0.3 is 0 Å². The van der Waals surface area contributed by atoms with Crippen molar-refractivity contribution in [1.82, 2.24) is 4.98 Å². The number of fused-ring (bicyclic) bond motifs is 1. The van der Waals surface area contributed by atoms with Gasteiger partial charge in [0.25, 0.3) is 10.1 Å². The van der Waals surface area contributed by atoms with Gasteiger partial charge in [-0.2, -0.15) is 8.42 Å². The molecule has 1 aromatic carbocycles. The van der Waals surface area contributed by atoms with Crippen LogP contribution in [0.2, 0.25) is 0 Å². The first-order valence-corrected chi connectivity index (χ1v) is 6.99. The molecule has 0 radical (unpaired) electrons. The summed E-state index contributed by atoms with van der Waals surface area (Å²) in [5.41, 5.74) is 0.0172. The van der Waals surface area contributed by atoms with Gasteiger partial charge in [-0.3, -0.25) is 9.17 Å². The van der Waals surface area contributed by atoms with E-state index in [-0.39, 0.29) is 15.8 Å². The molecule has 0 aliphatic carbocycles. The van der Waals surface area contributed by atoms with Crippen LogP contribution in [-0.2, 0) is 14.3 Å². The van der Waals surface area contributed by atoms with E-state index in [4.69, 9.17) is 0 Å². The number of hydrogen-bond acceptors (Lipinski definition) is 4. The highest BCUT2D eigenvalue weighted by atomic mass is 127. The first-order chi connectivity index (χ1) is 7.95. The largest absolute Gasteiger partial charge is 0.297 e. The van der Waals surface area contributed by atoms with E-state index in [0.717, 1.165) is 13.2 Å². The Labute approximate surface area is 111 Å². The van der Waals surface area contributed by atoms with Crippen LogP contribution in [-0.4, -0.2) is 20.5 Å². The first-order valence-electron chi connectivity index (χ1n) is 4.50. The zero-order valence-electron chi connectivity index (χ0n) is 8.65. The maximum absolute atomic E-state index is 13.5. The van der Waals surface area contributed by atoms with Crippen LogP contribution < -0.4 is 0 Å². The van der Waals surface area contributed by atoms with Crippen LogP contribution in [0.1, 0.15) is 0 Å². The van der Waals surface area contributed by atoms with Gasteiger partial charge in [-0.1, -0.05) is 0 Å². The van der Waals surface area contributed by atoms with Crippen LogP contribution in [0.3, 0.4) is 0 Å². The molecule has 0 fully saturated rings. The summed E-state index contributed by atoms with van der Waals surface area (Å²) in [6.07, 6.45) is 1.47. The van der Waals surface area contributed by atoms with Crippen LogP contribution in [0.25, 0.3) is 10.9 Å². The topological polar surface area (TPSA) is 56.3 Å². The Hall–Kier alpha value is -0.800. The maximum Gasteiger partial charge on any atom is 0.297 e. The standard InChI is InChI=1S/C10H7FINO3S/c1-16-17(14,15)9-3-2-8(11)10-7(9)4-6(12)5-13-10/h2-5H,1H3. The van der Waals surface area contributed by atoms with Crippen molar-refractivity contribution in [3.8, 4) is 0 Å². The lowest BCUT2D eigenvalue weighted by atomic mass is 10.2. The predicted molar refractivity (Wildman–Crippen MR) is 68.6 cm³/mol. The molecule has 0 N–H and O–H groups in total. The number of rotatable bonds is 2. The average molecular weight is 367 g/mol. The van der Waals surface area contributed by atoms with Crippen molar-refractivity contribution >= 4 is 43.6 Å². The Balaban J connectivity index is 2.91. The van der Waals surface area contributed by atoms with E-state index in [9.17, 15) is 12.8 Å². The Morgan fingerprint density at radius 1 is 1.41 bits per heavy atom. The second-order valence-corrected chi connectivity index (χ2v) is 6.14. The second-order valence-electron chi connectivity index (χ2n) is 3.22. The molecule has 2 aromatic rings. The maximum atomic E-state index is 13.5. The van der Waals surface area contributed by atoms with Crippen molar-refractivity contribution in [2.24, 2.45) is 0 Å². The van der Waals surface area contributed by atoms with Crippen molar-refractivity contribution < 1.29 is 17.0 Å². The van der Waals surface area contributed by atoms with Crippen LogP contribution in [0.5, 0.6) is 0 Å². The molecule has 0 aliphatic rings. The summed E-state index contributed by atoms with van der Waals surface area (Å²) in [6.45, 7) is 0. The molecule has 2 rings (SSSR count). The minimum absolute atomic E-state index is 0.0172. The van der Waals surface area contributed by atoms with Crippen LogP contribution in [0.4, 0.5) is 4.39 Å². The highest BCUT2D eigenvalue weighted by Gasteiger charge is 2.19. The molecule has 0 amide bonds. The predicted octanol–water partition coefficient (Wildman–Crippen LogP) is 2.31. The summed E-state index contributed by atoms with van der Waals surface area (Å²) in [7, 11) is -2.81. The van der Waals surface area contributed by atoms with Gasteiger partial charge in [-0.15, -0.1) is 0 Å². The van der Waals surface area contributed by atoms with E-state index in [1.807, 2.05) is 22.6 Å². The number of benzene rings is 1. The van der Waals surface area contributed by atoms with E-state index >= 15 is 0 Å². The van der Waals surface area contributed by atoms with E-state index in [2.05, 4.69) is 9.17 Å². The van der Waals surface area contributed by atoms with Crippen molar-refractivity contribution in [3.05, 3.63) is 33.8 Å². The second kappa shape index (κ2) is 4.46. The van der Waals surface area contributed by atoms with Gasteiger partial charge in [0.2, 0.25) is 0 Å². The summed E-state index contributed by atoms with van der Waals surface area (Å²) in [4.78, 5) is 3.81. The number of nitrogens with zero attached hydrogens (tertiary/aromatic N) is 1. The lowest BCUT2D eigenvalue weighted by Gasteiger charge is -2.06. The van der Waals surface area contributed by atoms with Gasteiger partial charge in [0.1, 0.15) is 16.2 Å². The van der Waals surface area contributed by atoms with Crippen molar-refractivity contribution in [2.45, 2.75) is 4.90 Å². The molecule has 0 atom stereocenters. The third-order valence-electron chi connectivity index (χ3n) is 2.22. The summed E-state index contributed by atoms with van der Waals surface area (Å²) < 4.78 is 42.0. The third kappa shape index (κ3) is 2.26. The monoisotopic (exact) mass is 367 g/mol. The first kappa shape index (κ1) is 12.7. The molecule has 0 saturated carbocycles. The molecule has 90 valence electrons. The lowest BCUT2D eigenvalue weighted by Crippen LogP contribution is -2.04.